The van der Waals surface area contributed by atoms with Crippen LogP contribution in [0.4, 0.5) is 5.69 Å². The minimum atomic E-state index is -3.86. The Morgan fingerprint density at radius 3 is 2.39 bits per heavy atom. The molecule has 0 radical (unpaired) electrons. The summed E-state index contributed by atoms with van der Waals surface area (Å²) in [6, 6.07) is 21.5. The van der Waals surface area contributed by atoms with Crippen LogP contribution in [0, 0.1) is 0 Å². The number of hydrogen-bond donors (Lipinski definition) is 2. The van der Waals surface area contributed by atoms with Crippen LogP contribution in [0.3, 0.4) is 0 Å². The van der Waals surface area contributed by atoms with Crippen LogP contribution in [0.2, 0.25) is 0 Å². The van der Waals surface area contributed by atoms with E-state index in [0.29, 0.717) is 28.3 Å². The third-order valence-electron chi connectivity index (χ3n) is 5.75. The maximum Gasteiger partial charge on any atom is 0.303 e. The maximum absolute atomic E-state index is 13.0. The number of nitrogens with zero attached hydrogens (tertiary/aromatic N) is 2. The van der Waals surface area contributed by atoms with Crippen molar-refractivity contribution in [1.29, 1.82) is 0 Å². The Balaban J connectivity index is 1.71. The highest BCUT2D eigenvalue weighted by Gasteiger charge is 2.35. The van der Waals surface area contributed by atoms with Crippen LogP contribution in [0.1, 0.15) is 36.4 Å². The summed E-state index contributed by atoms with van der Waals surface area (Å²) in [6.45, 7) is 0. The van der Waals surface area contributed by atoms with E-state index in [1.807, 2.05) is 18.2 Å². The van der Waals surface area contributed by atoms with Crippen molar-refractivity contribution < 1.29 is 27.9 Å². The number of methoxy groups -OCH3 is 1. The molecule has 0 saturated carbocycles. The quantitative estimate of drug-likeness (QED) is 0.450. The number of hydrazone groups is 1. The van der Waals surface area contributed by atoms with E-state index >= 15 is 0 Å². The molecule has 1 amide bonds. The fourth-order valence-electron chi connectivity index (χ4n) is 4.04. The second-order valence-corrected chi connectivity index (χ2v) is 9.79. The third-order valence-corrected chi connectivity index (χ3v) is 7.13. The first-order valence-electron chi connectivity index (χ1n) is 11.2. The molecule has 1 heterocycles. The number of ether oxygens (including phenoxy) is 1. The van der Waals surface area contributed by atoms with Gasteiger partial charge in [-0.1, -0.05) is 54.6 Å². The van der Waals surface area contributed by atoms with Gasteiger partial charge in [0.15, 0.2) is 0 Å². The van der Waals surface area contributed by atoms with Crippen molar-refractivity contribution in [3.05, 3.63) is 90.0 Å². The number of carboxylic acids is 1. The Kier molecular flexibility index (Phi) is 7.35. The zero-order chi connectivity index (χ0) is 25.7. The molecule has 1 aliphatic rings. The Morgan fingerprint density at radius 1 is 1.00 bits per heavy atom. The lowest BCUT2D eigenvalue weighted by molar-refractivity contribution is -0.141. The summed E-state index contributed by atoms with van der Waals surface area (Å²) >= 11 is 0. The zero-order valence-electron chi connectivity index (χ0n) is 19.5. The van der Waals surface area contributed by atoms with Crippen LogP contribution < -0.4 is 9.46 Å². The van der Waals surface area contributed by atoms with Crippen molar-refractivity contribution in [3.63, 3.8) is 0 Å². The molecule has 3 aromatic carbocycles. The zero-order valence-corrected chi connectivity index (χ0v) is 20.3. The molecule has 1 atom stereocenters. The molecule has 0 aromatic heterocycles. The number of sulfonamides is 1. The summed E-state index contributed by atoms with van der Waals surface area (Å²) in [4.78, 5) is 24.2. The molecular weight excluding hydrogens is 482 g/mol. The number of amides is 1. The molecule has 0 fully saturated rings. The van der Waals surface area contributed by atoms with Crippen molar-refractivity contribution in [2.24, 2.45) is 5.10 Å². The van der Waals surface area contributed by atoms with Crippen molar-refractivity contribution in [2.75, 3.05) is 11.8 Å². The van der Waals surface area contributed by atoms with E-state index in [4.69, 9.17) is 9.84 Å². The fourth-order valence-corrected chi connectivity index (χ4v) is 5.14. The monoisotopic (exact) mass is 507 g/mol. The molecule has 9 nitrogen and oxygen atoms in total. The van der Waals surface area contributed by atoms with Crippen molar-refractivity contribution in [2.45, 2.75) is 30.2 Å². The van der Waals surface area contributed by atoms with Crippen LogP contribution in [-0.2, 0) is 19.6 Å². The number of carbonyl (C=O) groups excluding carboxylic acids is 1. The van der Waals surface area contributed by atoms with Gasteiger partial charge < -0.3 is 9.84 Å². The van der Waals surface area contributed by atoms with Gasteiger partial charge in [-0.2, -0.15) is 5.10 Å². The molecule has 1 aliphatic heterocycles. The van der Waals surface area contributed by atoms with Gasteiger partial charge in [0.2, 0.25) is 5.91 Å². The van der Waals surface area contributed by atoms with Gasteiger partial charge in [0.25, 0.3) is 10.0 Å². The predicted octanol–water partition coefficient (Wildman–Crippen LogP) is 4.04. The van der Waals surface area contributed by atoms with Gasteiger partial charge in [-0.15, -0.1) is 0 Å². The summed E-state index contributed by atoms with van der Waals surface area (Å²) in [5, 5.41) is 14.9. The number of para-hydroxylation sites is 2. The van der Waals surface area contributed by atoms with E-state index in [0.717, 1.165) is 0 Å². The van der Waals surface area contributed by atoms with Crippen molar-refractivity contribution in [1.82, 2.24) is 5.01 Å². The highest BCUT2D eigenvalue weighted by molar-refractivity contribution is 7.92. The van der Waals surface area contributed by atoms with Gasteiger partial charge in [0.1, 0.15) is 5.75 Å². The van der Waals surface area contributed by atoms with Crippen molar-refractivity contribution in [3.8, 4) is 5.75 Å². The number of carbonyl (C=O) groups is 2. The van der Waals surface area contributed by atoms with Gasteiger partial charge >= 0.3 is 5.97 Å². The van der Waals surface area contributed by atoms with Gasteiger partial charge in [-0.05, 0) is 24.3 Å². The van der Waals surface area contributed by atoms with Crippen LogP contribution >= 0.6 is 0 Å². The second-order valence-electron chi connectivity index (χ2n) is 8.10. The smallest absolute Gasteiger partial charge is 0.303 e. The fraction of sp³-hybridized carbons (Fsp3) is 0.192. The topological polar surface area (TPSA) is 125 Å². The maximum atomic E-state index is 13.0. The minimum Gasteiger partial charge on any atom is -0.496 e. The van der Waals surface area contributed by atoms with E-state index in [-0.39, 0.29) is 24.2 Å². The lowest BCUT2D eigenvalue weighted by Gasteiger charge is -2.23. The first-order chi connectivity index (χ1) is 17.3. The van der Waals surface area contributed by atoms with E-state index in [2.05, 4.69) is 9.82 Å². The Morgan fingerprint density at radius 2 is 1.67 bits per heavy atom. The molecular formula is C26H25N3O6S. The van der Waals surface area contributed by atoms with Gasteiger partial charge in [-0.3, -0.25) is 14.3 Å². The molecule has 0 spiro atoms. The minimum absolute atomic E-state index is 0.116. The van der Waals surface area contributed by atoms with E-state index in [9.17, 15) is 18.0 Å². The summed E-state index contributed by atoms with van der Waals surface area (Å²) in [5.41, 5.74) is 2.04. The molecule has 2 N–H and O–H groups in total. The second kappa shape index (κ2) is 10.6. The van der Waals surface area contributed by atoms with Crippen molar-refractivity contribution >= 4 is 33.3 Å². The molecule has 186 valence electrons. The summed E-state index contributed by atoms with van der Waals surface area (Å²) < 4.78 is 34.1. The predicted molar refractivity (Wildman–Crippen MR) is 134 cm³/mol. The number of nitrogens with one attached hydrogen (secondary N) is 1. The highest BCUT2D eigenvalue weighted by Crippen LogP contribution is 2.39. The normalized spacial score (nSPS) is 15.3. The van der Waals surface area contributed by atoms with Crippen LogP contribution in [0.15, 0.2) is 88.9 Å². The van der Waals surface area contributed by atoms with Crippen LogP contribution in [0.5, 0.6) is 5.75 Å². The van der Waals surface area contributed by atoms with E-state index < -0.39 is 27.9 Å². The average molecular weight is 508 g/mol. The number of aliphatic carboxylic acids is 1. The summed E-state index contributed by atoms with van der Waals surface area (Å²) in [5.74, 6) is -0.972. The highest BCUT2D eigenvalue weighted by atomic mass is 32.2. The standard InChI is InChI=1S/C26H25N3O6S/c1-35-24-14-8-6-12-20(24)23-17-22(27-29(23)25(30)15-16-26(31)32)19-11-5-7-13-21(19)28-36(33,34)18-9-3-2-4-10-18/h2-14,23,28H,15-17H2,1H3,(H,31,32). The third kappa shape index (κ3) is 5.38. The molecule has 10 heteroatoms. The lowest BCUT2D eigenvalue weighted by atomic mass is 9.97. The van der Waals surface area contributed by atoms with Gasteiger partial charge in [0, 0.05) is 24.0 Å². The lowest BCUT2D eigenvalue weighted by Crippen LogP contribution is -2.27. The van der Waals surface area contributed by atoms with Gasteiger partial charge in [0.05, 0.1) is 35.9 Å². The Labute approximate surface area is 209 Å². The number of rotatable bonds is 9. The summed E-state index contributed by atoms with van der Waals surface area (Å²) in [7, 11) is -2.33. The number of hydrogen-bond acceptors (Lipinski definition) is 6. The molecule has 1 unspecified atom stereocenters. The van der Waals surface area contributed by atoms with Crippen LogP contribution in [-0.4, -0.2) is 43.2 Å². The molecule has 4 rings (SSSR count). The van der Waals surface area contributed by atoms with Gasteiger partial charge in [-0.25, -0.2) is 13.4 Å². The molecule has 0 aliphatic carbocycles. The first-order valence-corrected chi connectivity index (χ1v) is 12.7. The van der Waals surface area contributed by atoms with E-state index in [1.165, 1.54) is 24.3 Å². The Bertz CT molecular complexity index is 1410. The first kappa shape index (κ1) is 24.9. The SMILES string of the molecule is COc1ccccc1C1CC(c2ccccc2NS(=O)(=O)c2ccccc2)=NN1C(=O)CCC(=O)O. The summed E-state index contributed by atoms with van der Waals surface area (Å²) in [6.07, 6.45) is -0.268. The molecule has 0 bridgehead atoms. The largest absolute Gasteiger partial charge is 0.496 e. The molecule has 36 heavy (non-hydrogen) atoms. The number of anilines is 1. The number of benzene rings is 3. The van der Waals surface area contributed by atoms with E-state index in [1.54, 1.807) is 48.5 Å². The van der Waals surface area contributed by atoms with Crippen LogP contribution in [0.25, 0.3) is 0 Å². The number of carboxylic acid groups (broad SMARTS) is 1. The molecule has 0 saturated heterocycles. The average Bonchev–Trinajstić information content (AvgIpc) is 3.33. The Hall–Kier alpha value is -4.18. The molecule has 3 aromatic rings.